The zero-order valence-corrected chi connectivity index (χ0v) is 15.7. The molecule has 0 saturated heterocycles. The molecule has 0 aliphatic rings. The van der Waals surface area contributed by atoms with Crippen molar-refractivity contribution in [1.29, 1.82) is 0 Å². The number of carbonyl (C=O) groups is 1. The number of nitrogens with zero attached hydrogens (tertiary/aromatic N) is 3. The maximum atomic E-state index is 12.4. The maximum Gasteiger partial charge on any atom is 0.256 e. The van der Waals surface area contributed by atoms with Crippen molar-refractivity contribution in [2.75, 3.05) is 10.6 Å². The minimum Gasteiger partial charge on any atom is -0.364 e. The van der Waals surface area contributed by atoms with Crippen LogP contribution in [0.15, 0.2) is 60.9 Å². The van der Waals surface area contributed by atoms with Gasteiger partial charge in [0.1, 0.15) is 5.82 Å². The first-order valence-electron chi connectivity index (χ1n) is 8.80. The Bertz CT molecular complexity index is 885. The normalized spacial score (nSPS) is 11.1. The summed E-state index contributed by atoms with van der Waals surface area (Å²) >= 11 is 0. The van der Waals surface area contributed by atoms with Crippen molar-refractivity contribution >= 4 is 17.5 Å². The summed E-state index contributed by atoms with van der Waals surface area (Å²) in [6.45, 7) is 7.03. The number of hydrogen-bond acceptors (Lipinski definition) is 5. The zero-order chi connectivity index (χ0) is 19.3. The predicted octanol–water partition coefficient (Wildman–Crippen LogP) is 4.03. The average Bonchev–Trinajstić information content (AvgIpc) is 2.68. The Morgan fingerprint density at radius 1 is 0.963 bits per heavy atom. The van der Waals surface area contributed by atoms with Crippen LogP contribution in [0.1, 0.15) is 42.3 Å². The molecule has 0 aliphatic carbocycles. The van der Waals surface area contributed by atoms with E-state index < -0.39 is 0 Å². The lowest BCUT2D eigenvalue weighted by Crippen LogP contribution is -2.15. The van der Waals surface area contributed by atoms with E-state index in [0.717, 1.165) is 5.56 Å². The second-order valence-electron chi connectivity index (χ2n) is 7.30. The summed E-state index contributed by atoms with van der Waals surface area (Å²) in [6.07, 6.45) is 3.53. The molecule has 0 atom stereocenters. The van der Waals surface area contributed by atoms with Crippen LogP contribution in [0.5, 0.6) is 0 Å². The van der Waals surface area contributed by atoms with Gasteiger partial charge in [-0.2, -0.15) is 0 Å². The van der Waals surface area contributed by atoms with Crippen LogP contribution in [0.3, 0.4) is 0 Å². The highest BCUT2D eigenvalue weighted by atomic mass is 16.1. The second-order valence-corrected chi connectivity index (χ2v) is 7.30. The lowest BCUT2D eigenvalue weighted by Gasteiger charge is -2.19. The summed E-state index contributed by atoms with van der Waals surface area (Å²) in [5.41, 5.74) is 2.88. The van der Waals surface area contributed by atoms with Crippen LogP contribution in [0, 0.1) is 0 Å². The number of amides is 1. The molecule has 0 spiro atoms. The molecule has 0 unspecified atom stereocenters. The van der Waals surface area contributed by atoms with Crippen molar-refractivity contribution in [2.24, 2.45) is 0 Å². The number of nitrogens with one attached hydrogen (secondary N) is 2. The number of rotatable bonds is 5. The van der Waals surface area contributed by atoms with E-state index in [1.165, 1.54) is 5.56 Å². The molecule has 2 heterocycles. The average molecular weight is 361 g/mol. The molecule has 1 amide bonds. The van der Waals surface area contributed by atoms with Gasteiger partial charge in [0.25, 0.3) is 5.91 Å². The van der Waals surface area contributed by atoms with Crippen LogP contribution in [0.4, 0.5) is 11.6 Å². The molecule has 0 bridgehead atoms. The van der Waals surface area contributed by atoms with Crippen molar-refractivity contribution in [1.82, 2.24) is 15.2 Å². The third-order valence-electron chi connectivity index (χ3n) is 4.12. The highest BCUT2D eigenvalue weighted by molar-refractivity contribution is 6.03. The summed E-state index contributed by atoms with van der Waals surface area (Å²) in [5.74, 6) is 0.832. The Hall–Kier alpha value is -3.28. The van der Waals surface area contributed by atoms with Crippen LogP contribution in [0.2, 0.25) is 0 Å². The maximum absolute atomic E-state index is 12.4. The monoisotopic (exact) mass is 361 g/mol. The van der Waals surface area contributed by atoms with E-state index in [-0.39, 0.29) is 11.3 Å². The first-order valence-corrected chi connectivity index (χ1v) is 8.80. The Kier molecular flexibility index (Phi) is 5.45. The number of anilines is 2. The number of carbonyl (C=O) groups excluding carboxylic acids is 1. The number of hydrogen-bond donors (Lipinski definition) is 2. The van der Waals surface area contributed by atoms with Gasteiger partial charge in [-0.05, 0) is 46.9 Å². The summed E-state index contributed by atoms with van der Waals surface area (Å²) in [7, 11) is 0. The molecule has 6 nitrogen and oxygen atoms in total. The van der Waals surface area contributed by atoms with E-state index >= 15 is 0 Å². The molecule has 1 aromatic carbocycles. The third-order valence-corrected chi connectivity index (χ3v) is 4.12. The van der Waals surface area contributed by atoms with Crippen LogP contribution in [-0.4, -0.2) is 21.1 Å². The number of pyridine rings is 1. The van der Waals surface area contributed by atoms with E-state index in [0.29, 0.717) is 23.7 Å². The van der Waals surface area contributed by atoms with Gasteiger partial charge in [-0.15, -0.1) is 10.2 Å². The van der Waals surface area contributed by atoms with Gasteiger partial charge in [-0.25, -0.2) is 0 Å². The van der Waals surface area contributed by atoms with Crippen LogP contribution in [0.25, 0.3) is 0 Å². The Morgan fingerprint density at radius 3 is 2.26 bits per heavy atom. The molecule has 3 aromatic rings. The van der Waals surface area contributed by atoms with Crippen molar-refractivity contribution in [3.8, 4) is 0 Å². The first kappa shape index (κ1) is 18.5. The van der Waals surface area contributed by atoms with E-state index in [4.69, 9.17) is 0 Å². The van der Waals surface area contributed by atoms with Crippen LogP contribution < -0.4 is 10.6 Å². The molecule has 27 heavy (non-hydrogen) atoms. The first-order chi connectivity index (χ1) is 12.9. The predicted molar refractivity (Wildman–Crippen MR) is 107 cm³/mol. The Morgan fingerprint density at radius 2 is 1.67 bits per heavy atom. The van der Waals surface area contributed by atoms with Crippen molar-refractivity contribution in [3.05, 3.63) is 77.6 Å². The molecule has 3 rings (SSSR count). The van der Waals surface area contributed by atoms with E-state index in [1.54, 1.807) is 24.5 Å². The van der Waals surface area contributed by atoms with Crippen LogP contribution in [-0.2, 0) is 12.0 Å². The second kappa shape index (κ2) is 7.95. The van der Waals surface area contributed by atoms with Crippen LogP contribution >= 0.6 is 0 Å². The molecule has 0 saturated carbocycles. The van der Waals surface area contributed by atoms with Gasteiger partial charge in [-0.3, -0.25) is 9.78 Å². The smallest absolute Gasteiger partial charge is 0.256 e. The molecule has 2 N–H and O–H groups in total. The number of benzene rings is 1. The minimum absolute atomic E-state index is 0.0547. The summed E-state index contributed by atoms with van der Waals surface area (Å²) < 4.78 is 0. The third kappa shape index (κ3) is 5.10. The zero-order valence-electron chi connectivity index (χ0n) is 15.7. The molecular formula is C21H23N5O. The lowest BCUT2D eigenvalue weighted by molar-refractivity contribution is 0.102. The van der Waals surface area contributed by atoms with E-state index in [2.05, 4.69) is 46.6 Å². The number of aromatic nitrogens is 3. The highest BCUT2D eigenvalue weighted by Gasteiger charge is 2.14. The van der Waals surface area contributed by atoms with Gasteiger partial charge in [0.2, 0.25) is 0 Å². The summed E-state index contributed by atoms with van der Waals surface area (Å²) in [6, 6.07) is 15.0. The molecule has 0 radical (unpaired) electrons. The van der Waals surface area contributed by atoms with E-state index in [1.807, 2.05) is 36.4 Å². The Balaban J connectivity index is 1.58. The van der Waals surface area contributed by atoms with Crippen molar-refractivity contribution < 1.29 is 4.79 Å². The largest absolute Gasteiger partial charge is 0.364 e. The molecule has 6 heteroatoms. The van der Waals surface area contributed by atoms with Gasteiger partial charge in [0.15, 0.2) is 5.82 Å². The SMILES string of the molecule is CC(C)(C)c1ccc(C(=O)Nc2ccc(NCc3cccnc3)nn2)cc1. The summed E-state index contributed by atoms with van der Waals surface area (Å²) in [5, 5.41) is 14.1. The van der Waals surface area contributed by atoms with E-state index in [9.17, 15) is 4.79 Å². The van der Waals surface area contributed by atoms with Crippen molar-refractivity contribution in [2.45, 2.75) is 32.7 Å². The standard InChI is InChI=1S/C21H23N5O/c1-21(2,3)17-8-6-16(7-9-17)20(27)24-19-11-10-18(25-26-19)23-14-15-5-4-12-22-13-15/h4-13H,14H2,1-3H3,(H,23,25)(H,24,26,27). The highest BCUT2D eigenvalue weighted by Crippen LogP contribution is 2.22. The Labute approximate surface area is 159 Å². The van der Waals surface area contributed by atoms with Gasteiger partial charge >= 0.3 is 0 Å². The molecular weight excluding hydrogens is 338 g/mol. The topological polar surface area (TPSA) is 79.8 Å². The summed E-state index contributed by atoms with van der Waals surface area (Å²) in [4.78, 5) is 16.4. The lowest BCUT2D eigenvalue weighted by atomic mass is 9.87. The van der Waals surface area contributed by atoms with Gasteiger partial charge in [-0.1, -0.05) is 39.0 Å². The minimum atomic E-state index is -0.208. The molecule has 2 aromatic heterocycles. The van der Waals surface area contributed by atoms with Crippen molar-refractivity contribution in [3.63, 3.8) is 0 Å². The fourth-order valence-electron chi connectivity index (χ4n) is 2.50. The molecule has 138 valence electrons. The van der Waals surface area contributed by atoms with Gasteiger partial charge in [0, 0.05) is 24.5 Å². The fourth-order valence-corrected chi connectivity index (χ4v) is 2.50. The quantitative estimate of drug-likeness (QED) is 0.717. The molecule has 0 aliphatic heterocycles. The fraction of sp³-hybridized carbons (Fsp3) is 0.238. The molecule has 0 fully saturated rings. The van der Waals surface area contributed by atoms with Gasteiger partial charge < -0.3 is 10.6 Å². The van der Waals surface area contributed by atoms with Gasteiger partial charge in [0.05, 0.1) is 0 Å².